The number of allylic oxidation sites excluding steroid dienone is 6. The standard InChI is InChI=1S/C52H92O15/c1-3-5-7-9-11-13-15-16-17-18-19-20-21-22-23-24-25-27-29-31-33-35-44(55)65-40(37-62-43(54)34-32-30-28-26-14-12-10-8-6-4-2)38-63-51-50(61)48(59)46(57)42(67-51)39-64-52-49(60)47(58)45(56)41(36-53)66-52/h8,10,15-16,18-19,40-42,45-53,56-61H,3-7,9,11-14,17,20-39H2,1-2H3/b10-8-,16-15-,19-18-. The first-order valence-corrected chi connectivity index (χ1v) is 26.1. The fraction of sp³-hybridized carbons (Fsp3) is 0.846. The van der Waals surface area contributed by atoms with E-state index in [1.54, 1.807) is 0 Å². The number of carbonyl (C=O) groups is 2. The molecule has 2 saturated heterocycles. The molecule has 2 rings (SSSR count). The molecule has 2 fully saturated rings. The van der Waals surface area contributed by atoms with E-state index in [9.17, 15) is 45.3 Å². The van der Waals surface area contributed by atoms with Gasteiger partial charge in [0, 0.05) is 12.8 Å². The van der Waals surface area contributed by atoms with Gasteiger partial charge in [-0.05, 0) is 64.2 Å². The van der Waals surface area contributed by atoms with Gasteiger partial charge in [0.2, 0.25) is 0 Å². The summed E-state index contributed by atoms with van der Waals surface area (Å²) >= 11 is 0. The number of aliphatic hydroxyl groups is 7. The van der Waals surface area contributed by atoms with Crippen LogP contribution >= 0.6 is 0 Å². The Kier molecular flexibility index (Phi) is 35.8. The Morgan fingerprint density at radius 3 is 1.46 bits per heavy atom. The highest BCUT2D eigenvalue weighted by Gasteiger charge is 2.47. The van der Waals surface area contributed by atoms with Crippen LogP contribution in [0.15, 0.2) is 36.5 Å². The molecule has 0 radical (unpaired) electrons. The molecule has 15 heteroatoms. The molecule has 15 nitrogen and oxygen atoms in total. The molecule has 11 unspecified atom stereocenters. The normalized spacial score (nSPS) is 26.2. The summed E-state index contributed by atoms with van der Waals surface area (Å²) in [5, 5.41) is 72.0. The molecular formula is C52H92O15. The Morgan fingerprint density at radius 2 is 0.925 bits per heavy atom. The fourth-order valence-corrected chi connectivity index (χ4v) is 8.01. The Labute approximate surface area is 402 Å². The van der Waals surface area contributed by atoms with Gasteiger partial charge in [0.1, 0.15) is 55.4 Å². The summed E-state index contributed by atoms with van der Waals surface area (Å²) in [5.74, 6) is -0.941. The van der Waals surface area contributed by atoms with Crippen molar-refractivity contribution in [2.45, 2.75) is 255 Å². The lowest BCUT2D eigenvalue weighted by Crippen LogP contribution is -2.61. The lowest BCUT2D eigenvalue weighted by Gasteiger charge is -2.42. The zero-order chi connectivity index (χ0) is 48.9. The molecule has 0 spiro atoms. The molecule has 0 aromatic heterocycles. The van der Waals surface area contributed by atoms with Crippen molar-refractivity contribution < 1.29 is 73.8 Å². The van der Waals surface area contributed by atoms with E-state index in [-0.39, 0.29) is 26.1 Å². The lowest BCUT2D eigenvalue weighted by molar-refractivity contribution is -0.332. The van der Waals surface area contributed by atoms with Crippen molar-refractivity contribution >= 4 is 11.9 Å². The molecule has 0 amide bonds. The van der Waals surface area contributed by atoms with Crippen LogP contribution in [-0.4, -0.2) is 142 Å². The maximum absolute atomic E-state index is 13.0. The Balaban J connectivity index is 1.77. The average molecular weight is 957 g/mol. The van der Waals surface area contributed by atoms with E-state index >= 15 is 0 Å². The molecule has 2 heterocycles. The van der Waals surface area contributed by atoms with Gasteiger partial charge in [0.25, 0.3) is 0 Å². The third kappa shape index (κ3) is 27.6. The summed E-state index contributed by atoms with van der Waals surface area (Å²) in [5.41, 5.74) is 0. The van der Waals surface area contributed by atoms with Gasteiger partial charge in [-0.15, -0.1) is 0 Å². The molecule has 7 N–H and O–H groups in total. The number of ether oxygens (including phenoxy) is 6. The molecule has 0 aliphatic carbocycles. The summed E-state index contributed by atoms with van der Waals surface area (Å²) in [6, 6.07) is 0. The number of hydrogen-bond donors (Lipinski definition) is 7. The van der Waals surface area contributed by atoms with Gasteiger partial charge in [-0.3, -0.25) is 9.59 Å². The van der Waals surface area contributed by atoms with E-state index in [0.717, 1.165) is 83.5 Å². The largest absolute Gasteiger partial charge is 0.462 e. The topological polar surface area (TPSA) is 231 Å². The van der Waals surface area contributed by atoms with E-state index in [1.165, 1.54) is 64.2 Å². The van der Waals surface area contributed by atoms with Crippen molar-refractivity contribution in [1.29, 1.82) is 0 Å². The Hall–Kier alpha value is -2.28. The van der Waals surface area contributed by atoms with Crippen LogP contribution in [0.5, 0.6) is 0 Å². The maximum Gasteiger partial charge on any atom is 0.306 e. The zero-order valence-corrected chi connectivity index (χ0v) is 41.1. The first-order chi connectivity index (χ1) is 32.5. The highest BCUT2D eigenvalue weighted by Crippen LogP contribution is 2.26. The summed E-state index contributed by atoms with van der Waals surface area (Å²) < 4.78 is 33.5. The molecule has 390 valence electrons. The van der Waals surface area contributed by atoms with Crippen molar-refractivity contribution in [1.82, 2.24) is 0 Å². The SMILES string of the molecule is CCC/C=C\CCCCCCCC(=O)OCC(COC1OC(COC2OC(CO)C(O)C(O)C2O)C(O)C(O)C1O)OC(=O)CCCCCCCCCCC/C=C\C/C=C\CCCCCCC. The molecule has 11 atom stereocenters. The number of hydrogen-bond acceptors (Lipinski definition) is 15. The van der Waals surface area contributed by atoms with Crippen molar-refractivity contribution in [3.8, 4) is 0 Å². The van der Waals surface area contributed by atoms with Gasteiger partial charge in [0.05, 0.1) is 19.8 Å². The lowest BCUT2D eigenvalue weighted by atomic mass is 9.98. The molecular weight excluding hydrogens is 865 g/mol. The average Bonchev–Trinajstić information content (AvgIpc) is 3.32. The monoisotopic (exact) mass is 957 g/mol. The van der Waals surface area contributed by atoms with Gasteiger partial charge < -0.3 is 64.2 Å². The van der Waals surface area contributed by atoms with Crippen LogP contribution in [0.3, 0.4) is 0 Å². The van der Waals surface area contributed by atoms with Crippen LogP contribution in [0.1, 0.15) is 187 Å². The van der Waals surface area contributed by atoms with Crippen molar-refractivity contribution in [2.24, 2.45) is 0 Å². The van der Waals surface area contributed by atoms with Gasteiger partial charge in [-0.25, -0.2) is 0 Å². The number of aliphatic hydroxyl groups excluding tert-OH is 7. The molecule has 67 heavy (non-hydrogen) atoms. The predicted octanol–water partition coefficient (Wildman–Crippen LogP) is 7.32. The Morgan fingerprint density at radius 1 is 0.478 bits per heavy atom. The van der Waals surface area contributed by atoms with Gasteiger partial charge in [-0.2, -0.15) is 0 Å². The molecule has 0 aromatic rings. The highest BCUT2D eigenvalue weighted by molar-refractivity contribution is 5.70. The quantitative estimate of drug-likeness (QED) is 0.0181. The third-order valence-corrected chi connectivity index (χ3v) is 12.3. The zero-order valence-electron chi connectivity index (χ0n) is 41.1. The molecule has 2 aliphatic rings. The van der Waals surface area contributed by atoms with E-state index in [2.05, 4.69) is 50.3 Å². The highest BCUT2D eigenvalue weighted by atomic mass is 16.7. The van der Waals surface area contributed by atoms with Crippen molar-refractivity contribution in [2.75, 3.05) is 26.4 Å². The van der Waals surface area contributed by atoms with Crippen LogP contribution < -0.4 is 0 Å². The van der Waals surface area contributed by atoms with E-state index in [4.69, 9.17) is 28.4 Å². The van der Waals surface area contributed by atoms with Crippen molar-refractivity contribution in [3.05, 3.63) is 36.5 Å². The second kappa shape index (κ2) is 39.4. The van der Waals surface area contributed by atoms with Crippen LogP contribution in [0, 0.1) is 0 Å². The minimum Gasteiger partial charge on any atom is -0.462 e. The number of carbonyl (C=O) groups excluding carboxylic acids is 2. The van der Waals surface area contributed by atoms with Crippen LogP contribution in [-0.2, 0) is 38.0 Å². The maximum atomic E-state index is 13.0. The minimum absolute atomic E-state index is 0.159. The minimum atomic E-state index is -1.77. The molecule has 0 aromatic carbocycles. The first-order valence-electron chi connectivity index (χ1n) is 26.1. The second-order valence-corrected chi connectivity index (χ2v) is 18.3. The third-order valence-electron chi connectivity index (χ3n) is 12.3. The fourth-order valence-electron chi connectivity index (χ4n) is 8.01. The van der Waals surface area contributed by atoms with Crippen LogP contribution in [0.25, 0.3) is 0 Å². The molecule has 0 saturated carbocycles. The first kappa shape index (κ1) is 60.8. The summed E-state index contributed by atoms with van der Waals surface area (Å²) in [4.78, 5) is 25.7. The van der Waals surface area contributed by atoms with E-state index in [1.807, 2.05) is 0 Å². The predicted molar refractivity (Wildman–Crippen MR) is 257 cm³/mol. The van der Waals surface area contributed by atoms with Gasteiger partial charge in [0.15, 0.2) is 18.7 Å². The summed E-state index contributed by atoms with van der Waals surface area (Å²) in [6.07, 6.45) is 24.7. The van der Waals surface area contributed by atoms with E-state index in [0.29, 0.717) is 12.8 Å². The summed E-state index contributed by atoms with van der Waals surface area (Å²) in [7, 11) is 0. The summed E-state index contributed by atoms with van der Waals surface area (Å²) in [6.45, 7) is 2.50. The number of unbranched alkanes of at least 4 members (excludes halogenated alkanes) is 20. The molecule has 0 bridgehead atoms. The van der Waals surface area contributed by atoms with Crippen molar-refractivity contribution in [3.63, 3.8) is 0 Å². The van der Waals surface area contributed by atoms with Crippen LogP contribution in [0.2, 0.25) is 0 Å². The van der Waals surface area contributed by atoms with Crippen LogP contribution in [0.4, 0.5) is 0 Å². The van der Waals surface area contributed by atoms with E-state index < -0.39 is 92.7 Å². The second-order valence-electron chi connectivity index (χ2n) is 18.3. The smallest absolute Gasteiger partial charge is 0.306 e. The number of rotatable bonds is 40. The molecule has 2 aliphatic heterocycles. The number of esters is 2. The van der Waals surface area contributed by atoms with Gasteiger partial charge >= 0.3 is 11.9 Å². The Bertz CT molecular complexity index is 1310. The van der Waals surface area contributed by atoms with Gasteiger partial charge in [-0.1, -0.05) is 147 Å².